The Hall–Kier alpha value is -1.16. The molecule has 1 aliphatic carbocycles. The minimum atomic E-state index is -0.576. The normalized spacial score (nSPS) is 25.6. The molecule has 14 heavy (non-hydrogen) atoms. The van der Waals surface area contributed by atoms with Crippen LogP contribution < -0.4 is 4.74 Å². The van der Waals surface area contributed by atoms with Gasteiger partial charge in [-0.2, -0.15) is 0 Å². The molecule has 0 atom stereocenters. The number of ether oxygens (including phenoxy) is 1. The highest BCUT2D eigenvalue weighted by Gasteiger charge is 2.29. The van der Waals surface area contributed by atoms with E-state index in [2.05, 4.69) is 0 Å². The lowest BCUT2D eigenvalue weighted by Gasteiger charge is -2.31. The Labute approximate surface area is 80.1 Å². The number of aliphatic hydroxyl groups excluding tert-OH is 1. The fourth-order valence-electron chi connectivity index (χ4n) is 1.38. The molecule has 0 aliphatic heterocycles. The maximum atomic E-state index is 13.0. The first-order chi connectivity index (χ1) is 6.65. The zero-order valence-electron chi connectivity index (χ0n) is 7.41. The van der Waals surface area contributed by atoms with Crippen molar-refractivity contribution in [3.63, 3.8) is 0 Å². The Balaban J connectivity index is 2.05. The Morgan fingerprint density at radius 2 is 2.00 bits per heavy atom. The van der Waals surface area contributed by atoms with Crippen molar-refractivity contribution < 1.29 is 18.6 Å². The second-order valence-electron chi connectivity index (χ2n) is 3.44. The number of hydrogen-bond acceptors (Lipinski definition) is 2. The summed E-state index contributed by atoms with van der Waals surface area (Å²) in [7, 11) is 0. The monoisotopic (exact) mass is 200 g/mol. The van der Waals surface area contributed by atoms with Crippen molar-refractivity contribution in [1.82, 2.24) is 0 Å². The summed E-state index contributed by atoms with van der Waals surface area (Å²) in [5, 5.41) is 8.97. The standard InChI is InChI=1S/C10H10F2O2/c11-6-1-2-9(12)10(3-6)14-8-4-7(13)5-8/h1-3,7-8,13H,4-5H2. The maximum Gasteiger partial charge on any atom is 0.165 e. The predicted molar refractivity (Wildman–Crippen MR) is 46.0 cm³/mol. The highest BCUT2D eigenvalue weighted by atomic mass is 19.1. The number of aliphatic hydroxyl groups is 1. The molecule has 1 N–H and O–H groups in total. The van der Waals surface area contributed by atoms with Crippen molar-refractivity contribution in [3.05, 3.63) is 29.8 Å². The molecule has 2 rings (SSSR count). The summed E-state index contributed by atoms with van der Waals surface area (Å²) in [6, 6.07) is 3.08. The number of hydrogen-bond donors (Lipinski definition) is 1. The fraction of sp³-hybridized carbons (Fsp3) is 0.400. The summed E-state index contributed by atoms with van der Waals surface area (Å²) >= 11 is 0. The quantitative estimate of drug-likeness (QED) is 0.789. The second kappa shape index (κ2) is 3.53. The van der Waals surface area contributed by atoms with Gasteiger partial charge < -0.3 is 9.84 Å². The van der Waals surface area contributed by atoms with E-state index in [-0.39, 0.29) is 18.0 Å². The Kier molecular flexibility index (Phi) is 2.37. The van der Waals surface area contributed by atoms with Crippen molar-refractivity contribution in [3.8, 4) is 5.75 Å². The van der Waals surface area contributed by atoms with E-state index in [0.717, 1.165) is 18.2 Å². The van der Waals surface area contributed by atoms with Crippen LogP contribution >= 0.6 is 0 Å². The average Bonchev–Trinajstić information content (AvgIpc) is 2.09. The first-order valence-electron chi connectivity index (χ1n) is 4.45. The fourth-order valence-corrected chi connectivity index (χ4v) is 1.38. The van der Waals surface area contributed by atoms with Gasteiger partial charge in [-0.25, -0.2) is 8.78 Å². The third-order valence-electron chi connectivity index (χ3n) is 2.26. The summed E-state index contributed by atoms with van der Waals surface area (Å²) in [6.07, 6.45) is 0.407. The maximum absolute atomic E-state index is 13.0. The smallest absolute Gasteiger partial charge is 0.165 e. The highest BCUT2D eigenvalue weighted by Crippen LogP contribution is 2.27. The van der Waals surface area contributed by atoms with Crippen molar-refractivity contribution in [1.29, 1.82) is 0 Å². The van der Waals surface area contributed by atoms with Gasteiger partial charge in [0.15, 0.2) is 11.6 Å². The SMILES string of the molecule is OC1CC(Oc2cc(F)ccc2F)C1. The summed E-state index contributed by atoms with van der Waals surface area (Å²) in [5.41, 5.74) is 0. The van der Waals surface area contributed by atoms with E-state index in [1.165, 1.54) is 0 Å². The molecule has 1 aliphatic rings. The van der Waals surface area contributed by atoms with Crippen LogP contribution in [0, 0.1) is 11.6 Å². The van der Waals surface area contributed by atoms with E-state index in [1.807, 2.05) is 0 Å². The van der Waals surface area contributed by atoms with Gasteiger partial charge in [0, 0.05) is 18.9 Å². The van der Waals surface area contributed by atoms with Gasteiger partial charge in [-0.3, -0.25) is 0 Å². The first-order valence-corrected chi connectivity index (χ1v) is 4.45. The zero-order chi connectivity index (χ0) is 10.1. The lowest BCUT2D eigenvalue weighted by atomic mass is 9.92. The minimum Gasteiger partial charge on any atom is -0.487 e. The van der Waals surface area contributed by atoms with Gasteiger partial charge >= 0.3 is 0 Å². The van der Waals surface area contributed by atoms with Gasteiger partial charge in [-0.15, -0.1) is 0 Å². The molecule has 0 heterocycles. The van der Waals surface area contributed by atoms with Crippen LogP contribution in [-0.4, -0.2) is 17.3 Å². The zero-order valence-corrected chi connectivity index (χ0v) is 7.41. The Morgan fingerprint density at radius 1 is 1.29 bits per heavy atom. The van der Waals surface area contributed by atoms with Crippen molar-refractivity contribution in [2.75, 3.05) is 0 Å². The van der Waals surface area contributed by atoms with Crippen LogP contribution in [0.15, 0.2) is 18.2 Å². The van der Waals surface area contributed by atoms with Crippen molar-refractivity contribution >= 4 is 0 Å². The van der Waals surface area contributed by atoms with E-state index in [4.69, 9.17) is 9.84 Å². The summed E-state index contributed by atoms with van der Waals surface area (Å²) in [6.45, 7) is 0. The van der Waals surface area contributed by atoms with Crippen molar-refractivity contribution in [2.24, 2.45) is 0 Å². The molecule has 1 fully saturated rings. The van der Waals surface area contributed by atoms with E-state index >= 15 is 0 Å². The number of halogens is 2. The molecule has 0 unspecified atom stereocenters. The van der Waals surface area contributed by atoms with E-state index in [9.17, 15) is 8.78 Å². The third-order valence-corrected chi connectivity index (χ3v) is 2.26. The molecule has 0 spiro atoms. The van der Waals surface area contributed by atoms with Crippen molar-refractivity contribution in [2.45, 2.75) is 25.0 Å². The van der Waals surface area contributed by atoms with Crippen LogP contribution in [-0.2, 0) is 0 Å². The molecule has 1 aromatic carbocycles. The van der Waals surface area contributed by atoms with E-state index in [1.54, 1.807) is 0 Å². The van der Waals surface area contributed by atoms with Gasteiger partial charge in [0.25, 0.3) is 0 Å². The Morgan fingerprint density at radius 3 is 2.64 bits per heavy atom. The molecule has 1 aromatic rings. The largest absolute Gasteiger partial charge is 0.487 e. The molecule has 2 nitrogen and oxygen atoms in total. The number of rotatable bonds is 2. The molecule has 1 saturated carbocycles. The third kappa shape index (κ3) is 1.85. The average molecular weight is 200 g/mol. The van der Waals surface area contributed by atoms with E-state index in [0.29, 0.717) is 12.8 Å². The molecular formula is C10H10F2O2. The first kappa shape index (κ1) is 9.40. The van der Waals surface area contributed by atoms with Crippen LogP contribution in [0.1, 0.15) is 12.8 Å². The summed E-state index contributed by atoms with van der Waals surface area (Å²) in [4.78, 5) is 0. The lowest BCUT2D eigenvalue weighted by Crippen LogP contribution is -2.37. The van der Waals surface area contributed by atoms with Gasteiger partial charge in [0.2, 0.25) is 0 Å². The Bertz CT molecular complexity index is 335. The molecule has 0 radical (unpaired) electrons. The lowest BCUT2D eigenvalue weighted by molar-refractivity contribution is -0.0125. The molecule has 0 aromatic heterocycles. The second-order valence-corrected chi connectivity index (χ2v) is 3.44. The molecule has 0 bridgehead atoms. The molecular weight excluding hydrogens is 190 g/mol. The predicted octanol–water partition coefficient (Wildman–Crippen LogP) is 1.87. The van der Waals surface area contributed by atoms with Crippen LogP contribution in [0.2, 0.25) is 0 Å². The summed E-state index contributed by atoms with van der Waals surface area (Å²) in [5.74, 6) is -1.18. The van der Waals surface area contributed by atoms with Gasteiger partial charge in [0.05, 0.1) is 6.10 Å². The molecule has 0 saturated heterocycles. The topological polar surface area (TPSA) is 29.5 Å². The van der Waals surface area contributed by atoms with E-state index < -0.39 is 11.6 Å². The molecule has 76 valence electrons. The summed E-state index contributed by atoms with van der Waals surface area (Å²) < 4.78 is 30.9. The minimum absolute atomic E-state index is 0.0816. The van der Waals surface area contributed by atoms with Crippen LogP contribution in [0.25, 0.3) is 0 Å². The van der Waals surface area contributed by atoms with Gasteiger partial charge in [-0.05, 0) is 12.1 Å². The highest BCUT2D eigenvalue weighted by molar-refractivity contribution is 5.25. The van der Waals surface area contributed by atoms with Crippen LogP contribution in [0.3, 0.4) is 0 Å². The van der Waals surface area contributed by atoms with Gasteiger partial charge in [-0.1, -0.05) is 0 Å². The number of benzene rings is 1. The molecule has 0 amide bonds. The molecule has 4 heteroatoms. The van der Waals surface area contributed by atoms with Gasteiger partial charge in [0.1, 0.15) is 11.9 Å². The van der Waals surface area contributed by atoms with Crippen LogP contribution in [0.5, 0.6) is 5.75 Å². The van der Waals surface area contributed by atoms with Crippen LogP contribution in [0.4, 0.5) is 8.78 Å².